The number of nitrogens with zero attached hydrogens (tertiary/aromatic N) is 3. The summed E-state index contributed by atoms with van der Waals surface area (Å²) < 4.78 is 0. The van der Waals surface area contributed by atoms with Crippen LogP contribution in [0.3, 0.4) is 0 Å². The minimum atomic E-state index is 0.0274. The molecule has 0 spiro atoms. The molecule has 2 heterocycles. The fraction of sp³-hybridized carbons (Fsp3) is 0.143. The van der Waals surface area contributed by atoms with E-state index in [1.54, 1.807) is 19.1 Å². The molecule has 0 bridgehead atoms. The first-order valence-electron chi connectivity index (χ1n) is 6.30. The van der Waals surface area contributed by atoms with Gasteiger partial charge in [0.25, 0.3) is 0 Å². The highest BCUT2D eigenvalue weighted by molar-refractivity contribution is 7.98. The standard InChI is InChI=1S/C14H13N5OS/c1-8(20)9-4-3-5-10(6-9)17-12-11-13(16-7-15-12)18-19-14(11)21-2/h3-7H,1-2H3,(H2,15,16,17,18,19). The quantitative estimate of drug-likeness (QED) is 0.569. The lowest BCUT2D eigenvalue weighted by Gasteiger charge is -2.07. The average Bonchev–Trinajstić information content (AvgIpc) is 2.92. The van der Waals surface area contributed by atoms with Gasteiger partial charge >= 0.3 is 0 Å². The monoisotopic (exact) mass is 299 g/mol. The summed E-state index contributed by atoms with van der Waals surface area (Å²) in [6.07, 6.45) is 3.42. The van der Waals surface area contributed by atoms with Gasteiger partial charge in [-0.05, 0) is 25.3 Å². The molecule has 3 rings (SSSR count). The third-order valence-electron chi connectivity index (χ3n) is 3.05. The number of hydrogen-bond donors (Lipinski definition) is 2. The average molecular weight is 299 g/mol. The Balaban J connectivity index is 2.03. The molecular formula is C14H13N5OS. The Morgan fingerprint density at radius 3 is 2.95 bits per heavy atom. The molecule has 0 aliphatic heterocycles. The van der Waals surface area contributed by atoms with Crippen LogP contribution in [0.25, 0.3) is 11.0 Å². The molecule has 21 heavy (non-hydrogen) atoms. The third-order valence-corrected chi connectivity index (χ3v) is 3.73. The molecule has 106 valence electrons. The van der Waals surface area contributed by atoms with Crippen molar-refractivity contribution in [2.75, 3.05) is 11.6 Å². The van der Waals surface area contributed by atoms with E-state index in [0.717, 1.165) is 16.1 Å². The fourth-order valence-corrected chi connectivity index (χ4v) is 2.56. The van der Waals surface area contributed by atoms with Gasteiger partial charge in [0.05, 0.1) is 5.39 Å². The van der Waals surface area contributed by atoms with Gasteiger partial charge < -0.3 is 5.32 Å². The predicted octanol–water partition coefficient (Wildman–Crippen LogP) is 3.02. The van der Waals surface area contributed by atoms with E-state index >= 15 is 0 Å². The Hall–Kier alpha value is -2.41. The Labute approximate surface area is 125 Å². The Morgan fingerprint density at radius 2 is 2.19 bits per heavy atom. The van der Waals surface area contributed by atoms with Gasteiger partial charge in [0.2, 0.25) is 0 Å². The van der Waals surface area contributed by atoms with Gasteiger partial charge in [-0.1, -0.05) is 12.1 Å². The van der Waals surface area contributed by atoms with E-state index in [9.17, 15) is 4.79 Å². The number of carbonyl (C=O) groups excluding carboxylic acids is 1. The minimum Gasteiger partial charge on any atom is -0.339 e. The molecule has 0 saturated heterocycles. The van der Waals surface area contributed by atoms with Gasteiger partial charge in [-0.15, -0.1) is 11.8 Å². The summed E-state index contributed by atoms with van der Waals surface area (Å²) in [5.41, 5.74) is 2.14. The Morgan fingerprint density at radius 1 is 1.33 bits per heavy atom. The number of anilines is 2. The lowest BCUT2D eigenvalue weighted by atomic mass is 10.1. The summed E-state index contributed by atoms with van der Waals surface area (Å²) in [5.74, 6) is 0.693. The maximum Gasteiger partial charge on any atom is 0.161 e. The number of benzene rings is 1. The zero-order valence-electron chi connectivity index (χ0n) is 11.5. The number of fused-ring (bicyclic) bond motifs is 1. The molecule has 0 aliphatic rings. The second-order valence-corrected chi connectivity index (χ2v) is 5.24. The summed E-state index contributed by atoms with van der Waals surface area (Å²) in [4.78, 5) is 19.9. The molecule has 6 nitrogen and oxygen atoms in total. The van der Waals surface area contributed by atoms with Gasteiger partial charge in [-0.25, -0.2) is 9.97 Å². The molecule has 0 amide bonds. The van der Waals surface area contributed by atoms with Crippen LogP contribution in [0.4, 0.5) is 11.5 Å². The van der Waals surface area contributed by atoms with Crippen molar-refractivity contribution in [3.8, 4) is 0 Å². The summed E-state index contributed by atoms with van der Waals surface area (Å²) in [6.45, 7) is 1.55. The maximum absolute atomic E-state index is 11.4. The second kappa shape index (κ2) is 5.53. The van der Waals surface area contributed by atoms with Gasteiger partial charge in [0, 0.05) is 11.3 Å². The number of hydrogen-bond acceptors (Lipinski definition) is 6. The lowest BCUT2D eigenvalue weighted by molar-refractivity contribution is 0.101. The largest absolute Gasteiger partial charge is 0.339 e. The molecule has 0 radical (unpaired) electrons. The van der Waals surface area contributed by atoms with Crippen LogP contribution in [0, 0.1) is 0 Å². The highest BCUT2D eigenvalue weighted by Gasteiger charge is 2.12. The van der Waals surface area contributed by atoms with Crippen molar-refractivity contribution in [1.29, 1.82) is 0 Å². The van der Waals surface area contributed by atoms with Crippen molar-refractivity contribution >= 4 is 40.1 Å². The van der Waals surface area contributed by atoms with E-state index in [-0.39, 0.29) is 5.78 Å². The van der Waals surface area contributed by atoms with Crippen LogP contribution in [0.2, 0.25) is 0 Å². The van der Waals surface area contributed by atoms with Crippen LogP contribution >= 0.6 is 11.8 Å². The van der Waals surface area contributed by atoms with E-state index < -0.39 is 0 Å². The summed E-state index contributed by atoms with van der Waals surface area (Å²) >= 11 is 1.52. The van der Waals surface area contributed by atoms with E-state index in [2.05, 4.69) is 25.5 Å². The number of H-pyrrole nitrogens is 1. The predicted molar refractivity (Wildman–Crippen MR) is 83.2 cm³/mol. The van der Waals surface area contributed by atoms with Crippen molar-refractivity contribution in [3.63, 3.8) is 0 Å². The molecule has 0 unspecified atom stereocenters. The molecule has 1 aromatic carbocycles. The van der Waals surface area contributed by atoms with Crippen LogP contribution in [-0.2, 0) is 0 Å². The number of rotatable bonds is 4. The van der Waals surface area contributed by atoms with E-state index in [4.69, 9.17) is 0 Å². The van der Waals surface area contributed by atoms with Crippen molar-refractivity contribution in [3.05, 3.63) is 36.2 Å². The van der Waals surface area contributed by atoms with Crippen LogP contribution < -0.4 is 5.32 Å². The number of Topliss-reactive ketones (excluding diaryl/α,β-unsaturated/α-hetero) is 1. The molecule has 3 aromatic rings. The topological polar surface area (TPSA) is 83.6 Å². The van der Waals surface area contributed by atoms with E-state index in [1.807, 2.05) is 18.4 Å². The van der Waals surface area contributed by atoms with Crippen molar-refractivity contribution in [2.45, 2.75) is 11.9 Å². The number of nitrogens with one attached hydrogen (secondary N) is 2. The number of thioether (sulfide) groups is 1. The van der Waals surface area contributed by atoms with Crippen molar-refractivity contribution in [2.24, 2.45) is 0 Å². The Kier molecular flexibility index (Phi) is 3.57. The SMILES string of the molecule is CSc1n[nH]c2ncnc(Nc3cccc(C(C)=O)c3)c12. The number of carbonyl (C=O) groups is 1. The van der Waals surface area contributed by atoms with Crippen LogP contribution in [0.5, 0.6) is 0 Å². The van der Waals surface area contributed by atoms with E-state index in [1.165, 1.54) is 18.1 Å². The summed E-state index contributed by atoms with van der Waals surface area (Å²) in [6, 6.07) is 7.31. The molecule has 0 atom stereocenters. The highest BCUT2D eigenvalue weighted by Crippen LogP contribution is 2.29. The zero-order valence-corrected chi connectivity index (χ0v) is 12.4. The van der Waals surface area contributed by atoms with E-state index in [0.29, 0.717) is 17.0 Å². The minimum absolute atomic E-state index is 0.0274. The van der Waals surface area contributed by atoms with Gasteiger partial charge in [0.15, 0.2) is 11.4 Å². The van der Waals surface area contributed by atoms with Crippen LogP contribution in [-0.4, -0.2) is 32.2 Å². The van der Waals surface area contributed by atoms with Gasteiger partial charge in [0.1, 0.15) is 17.2 Å². The van der Waals surface area contributed by atoms with Crippen molar-refractivity contribution in [1.82, 2.24) is 20.2 Å². The molecule has 2 aromatic heterocycles. The molecule has 2 N–H and O–H groups in total. The Bertz CT molecular complexity index is 814. The first kappa shape index (κ1) is 13.6. The zero-order chi connectivity index (χ0) is 14.8. The summed E-state index contributed by atoms with van der Waals surface area (Å²) in [7, 11) is 0. The first-order chi connectivity index (χ1) is 10.2. The third kappa shape index (κ3) is 2.59. The van der Waals surface area contributed by atoms with Crippen LogP contribution in [0.15, 0.2) is 35.6 Å². The van der Waals surface area contributed by atoms with Crippen LogP contribution in [0.1, 0.15) is 17.3 Å². The molecule has 0 fully saturated rings. The number of ketones is 1. The molecule has 0 saturated carbocycles. The first-order valence-corrected chi connectivity index (χ1v) is 7.52. The normalized spacial score (nSPS) is 10.8. The highest BCUT2D eigenvalue weighted by atomic mass is 32.2. The lowest BCUT2D eigenvalue weighted by Crippen LogP contribution is -1.98. The smallest absolute Gasteiger partial charge is 0.161 e. The van der Waals surface area contributed by atoms with Gasteiger partial charge in [-0.3, -0.25) is 9.89 Å². The number of aromatic amines is 1. The van der Waals surface area contributed by atoms with Gasteiger partial charge in [-0.2, -0.15) is 5.10 Å². The maximum atomic E-state index is 11.4. The fourth-order valence-electron chi connectivity index (χ4n) is 2.03. The van der Waals surface area contributed by atoms with Crippen molar-refractivity contribution < 1.29 is 4.79 Å². The molecular weight excluding hydrogens is 286 g/mol. The molecule has 0 aliphatic carbocycles. The summed E-state index contributed by atoms with van der Waals surface area (Å²) in [5, 5.41) is 12.0. The molecule has 7 heteroatoms. The second-order valence-electron chi connectivity index (χ2n) is 4.44. The number of aromatic nitrogens is 4.